The molecule has 0 saturated heterocycles. The van der Waals surface area contributed by atoms with Crippen molar-refractivity contribution in [1.29, 1.82) is 0 Å². The van der Waals surface area contributed by atoms with Crippen molar-refractivity contribution in [3.63, 3.8) is 0 Å². The molecule has 0 radical (unpaired) electrons. The molecule has 152 valence electrons. The molecule has 0 spiro atoms. The van der Waals surface area contributed by atoms with E-state index >= 15 is 0 Å². The minimum atomic E-state index is -4.41. The van der Waals surface area contributed by atoms with Gasteiger partial charge < -0.3 is 24.3 Å². The van der Waals surface area contributed by atoms with Crippen LogP contribution in [-0.2, 0) is 11.2 Å². The van der Waals surface area contributed by atoms with Crippen molar-refractivity contribution in [3.8, 4) is 23.0 Å². The van der Waals surface area contributed by atoms with E-state index in [9.17, 15) is 18.0 Å². The number of ether oxygens (including phenoxy) is 4. The number of nitrogens with one attached hydrogen (secondary N) is 1. The highest BCUT2D eigenvalue weighted by molar-refractivity contribution is 5.92. The molecule has 2 aromatic rings. The molecule has 0 aromatic heterocycles. The van der Waals surface area contributed by atoms with Gasteiger partial charge in [-0.2, -0.15) is 13.2 Å². The minimum Gasteiger partial charge on any atom is -0.493 e. The highest BCUT2D eigenvalue weighted by Crippen LogP contribution is 2.38. The number of benzene rings is 2. The molecular weight excluding hydrogens is 379 g/mol. The third-order valence-corrected chi connectivity index (χ3v) is 3.63. The van der Waals surface area contributed by atoms with Gasteiger partial charge in [0.05, 0.1) is 27.8 Å². The third kappa shape index (κ3) is 5.97. The number of amides is 1. The molecule has 0 heterocycles. The summed E-state index contributed by atoms with van der Waals surface area (Å²) in [5.41, 5.74) is 1.06. The summed E-state index contributed by atoms with van der Waals surface area (Å²) < 4.78 is 56.8. The maximum atomic E-state index is 12.3. The summed E-state index contributed by atoms with van der Waals surface area (Å²) >= 11 is 0. The molecule has 0 aliphatic heterocycles. The average Bonchev–Trinajstić information content (AvgIpc) is 2.65. The Labute approximate surface area is 160 Å². The van der Waals surface area contributed by atoms with Crippen LogP contribution < -0.4 is 24.3 Å². The highest BCUT2D eigenvalue weighted by atomic mass is 19.4. The monoisotopic (exact) mass is 399 g/mol. The smallest absolute Gasteiger partial charge is 0.422 e. The van der Waals surface area contributed by atoms with Gasteiger partial charge in [0.15, 0.2) is 18.1 Å². The fourth-order valence-electron chi connectivity index (χ4n) is 2.43. The van der Waals surface area contributed by atoms with Gasteiger partial charge in [-0.25, -0.2) is 0 Å². The average molecular weight is 399 g/mol. The molecule has 2 aromatic carbocycles. The van der Waals surface area contributed by atoms with Crippen LogP contribution in [0.4, 0.5) is 18.9 Å². The van der Waals surface area contributed by atoms with Gasteiger partial charge in [0, 0.05) is 5.69 Å². The van der Waals surface area contributed by atoms with E-state index in [1.807, 2.05) is 0 Å². The van der Waals surface area contributed by atoms with E-state index in [1.54, 1.807) is 12.1 Å². The Morgan fingerprint density at radius 2 is 1.54 bits per heavy atom. The van der Waals surface area contributed by atoms with E-state index in [4.69, 9.17) is 14.2 Å². The van der Waals surface area contributed by atoms with Crippen LogP contribution in [-0.4, -0.2) is 40.0 Å². The van der Waals surface area contributed by atoms with Gasteiger partial charge in [-0.05, 0) is 42.0 Å². The lowest BCUT2D eigenvalue weighted by Gasteiger charge is -2.14. The summed E-state index contributed by atoms with van der Waals surface area (Å²) in [7, 11) is 4.43. The van der Waals surface area contributed by atoms with E-state index in [2.05, 4.69) is 10.1 Å². The summed E-state index contributed by atoms with van der Waals surface area (Å²) in [6.07, 6.45) is -4.38. The second-order valence-electron chi connectivity index (χ2n) is 5.69. The predicted molar refractivity (Wildman–Crippen MR) is 96.4 cm³/mol. The van der Waals surface area contributed by atoms with Crippen LogP contribution in [0.2, 0.25) is 0 Å². The standard InChI is InChI=1S/C19H20F3NO5/c1-25-15-8-12(9-16(26-2)18(15)27-3)10-17(24)23-13-4-6-14(7-5-13)28-11-19(20,21)22/h4-9H,10-11H2,1-3H3,(H,23,24). The van der Waals surface area contributed by atoms with Crippen LogP contribution in [0, 0.1) is 0 Å². The number of hydrogen-bond acceptors (Lipinski definition) is 5. The zero-order valence-corrected chi connectivity index (χ0v) is 15.6. The molecule has 0 unspecified atom stereocenters. The Hall–Kier alpha value is -3.10. The fraction of sp³-hybridized carbons (Fsp3) is 0.316. The number of anilines is 1. The van der Waals surface area contributed by atoms with Crippen molar-refractivity contribution in [3.05, 3.63) is 42.0 Å². The molecule has 0 aliphatic carbocycles. The lowest BCUT2D eigenvalue weighted by Crippen LogP contribution is -2.19. The van der Waals surface area contributed by atoms with Crippen molar-refractivity contribution in [2.24, 2.45) is 0 Å². The van der Waals surface area contributed by atoms with Gasteiger partial charge in [0.2, 0.25) is 11.7 Å². The maximum absolute atomic E-state index is 12.3. The largest absolute Gasteiger partial charge is 0.493 e. The number of carbonyl (C=O) groups is 1. The molecule has 0 saturated carbocycles. The van der Waals surface area contributed by atoms with Crippen LogP contribution in [0.1, 0.15) is 5.56 Å². The molecule has 1 amide bonds. The van der Waals surface area contributed by atoms with Gasteiger partial charge in [-0.15, -0.1) is 0 Å². The number of rotatable bonds is 8. The first kappa shape index (κ1) is 21.2. The predicted octanol–water partition coefficient (Wildman–Crippen LogP) is 3.83. The molecule has 0 bridgehead atoms. The zero-order valence-electron chi connectivity index (χ0n) is 15.6. The summed E-state index contributed by atoms with van der Waals surface area (Å²) in [4.78, 5) is 12.3. The Kier molecular flexibility index (Phi) is 6.97. The molecule has 0 atom stereocenters. The van der Waals surface area contributed by atoms with Crippen LogP contribution in [0.5, 0.6) is 23.0 Å². The molecule has 6 nitrogen and oxygen atoms in total. The summed E-state index contributed by atoms with van der Waals surface area (Å²) in [6.45, 7) is -1.38. The van der Waals surface area contributed by atoms with E-state index in [1.165, 1.54) is 45.6 Å². The van der Waals surface area contributed by atoms with Gasteiger partial charge >= 0.3 is 6.18 Å². The van der Waals surface area contributed by atoms with Gasteiger partial charge in [0.25, 0.3) is 0 Å². The second-order valence-corrected chi connectivity index (χ2v) is 5.69. The van der Waals surface area contributed by atoms with Crippen molar-refractivity contribution < 1.29 is 36.9 Å². The third-order valence-electron chi connectivity index (χ3n) is 3.63. The maximum Gasteiger partial charge on any atom is 0.422 e. The topological polar surface area (TPSA) is 66.0 Å². The first-order valence-corrected chi connectivity index (χ1v) is 8.14. The first-order valence-electron chi connectivity index (χ1n) is 8.14. The van der Waals surface area contributed by atoms with E-state index in [0.29, 0.717) is 28.5 Å². The summed E-state index contributed by atoms with van der Waals surface area (Å²) in [5, 5.41) is 2.66. The lowest BCUT2D eigenvalue weighted by atomic mass is 10.1. The van der Waals surface area contributed by atoms with E-state index in [0.717, 1.165) is 0 Å². The summed E-state index contributed by atoms with van der Waals surface area (Å²) in [6, 6.07) is 8.93. The normalized spacial score (nSPS) is 10.9. The van der Waals surface area contributed by atoms with Crippen molar-refractivity contribution in [2.75, 3.05) is 33.3 Å². The van der Waals surface area contributed by atoms with Gasteiger partial charge in [-0.1, -0.05) is 0 Å². The van der Waals surface area contributed by atoms with Gasteiger partial charge in [0.1, 0.15) is 5.75 Å². The van der Waals surface area contributed by atoms with Crippen molar-refractivity contribution in [2.45, 2.75) is 12.6 Å². The molecule has 1 N–H and O–H groups in total. The second kappa shape index (κ2) is 9.20. The van der Waals surface area contributed by atoms with E-state index < -0.39 is 12.8 Å². The fourth-order valence-corrected chi connectivity index (χ4v) is 2.43. The number of alkyl halides is 3. The number of methoxy groups -OCH3 is 3. The highest BCUT2D eigenvalue weighted by Gasteiger charge is 2.28. The van der Waals surface area contributed by atoms with Crippen molar-refractivity contribution in [1.82, 2.24) is 0 Å². The molecule has 0 aliphatic rings. The number of carbonyl (C=O) groups excluding carboxylic acids is 1. The molecule has 28 heavy (non-hydrogen) atoms. The SMILES string of the molecule is COc1cc(CC(=O)Nc2ccc(OCC(F)(F)F)cc2)cc(OC)c1OC. The molecular formula is C19H20F3NO5. The Balaban J connectivity index is 2.02. The van der Waals surface area contributed by atoms with E-state index in [-0.39, 0.29) is 18.1 Å². The quantitative estimate of drug-likeness (QED) is 0.731. The van der Waals surface area contributed by atoms with Crippen LogP contribution >= 0.6 is 0 Å². The summed E-state index contributed by atoms with van der Waals surface area (Å²) in [5.74, 6) is 1.01. The minimum absolute atomic E-state index is 0.0308. The Morgan fingerprint density at radius 3 is 2.00 bits per heavy atom. The number of hydrogen-bond donors (Lipinski definition) is 1. The molecule has 2 rings (SSSR count). The molecule has 9 heteroatoms. The van der Waals surface area contributed by atoms with Crippen LogP contribution in [0.25, 0.3) is 0 Å². The van der Waals surface area contributed by atoms with Crippen LogP contribution in [0.15, 0.2) is 36.4 Å². The number of halogens is 3. The van der Waals surface area contributed by atoms with Crippen LogP contribution in [0.3, 0.4) is 0 Å². The van der Waals surface area contributed by atoms with Crippen molar-refractivity contribution >= 4 is 11.6 Å². The first-order chi connectivity index (χ1) is 13.3. The molecule has 0 fully saturated rings. The lowest BCUT2D eigenvalue weighted by molar-refractivity contribution is -0.153. The Morgan fingerprint density at radius 1 is 0.964 bits per heavy atom. The van der Waals surface area contributed by atoms with Gasteiger partial charge in [-0.3, -0.25) is 4.79 Å². The zero-order chi connectivity index (χ0) is 20.7. The Bertz CT molecular complexity index is 781.